The van der Waals surface area contributed by atoms with E-state index in [0.29, 0.717) is 18.1 Å². The van der Waals surface area contributed by atoms with Gasteiger partial charge in [-0.3, -0.25) is 0 Å². The van der Waals surface area contributed by atoms with E-state index in [2.05, 4.69) is 5.16 Å². The molecule has 0 aliphatic rings. The molecule has 0 bridgehead atoms. The number of nitrogens with zero attached hydrogens (tertiary/aromatic N) is 1. The Morgan fingerprint density at radius 2 is 1.83 bits per heavy atom. The number of hydrogen-bond acceptors (Lipinski definition) is 4. The van der Waals surface area contributed by atoms with Crippen LogP contribution in [0, 0.1) is 12.7 Å². The highest BCUT2D eigenvalue weighted by Crippen LogP contribution is 2.32. The standard InChI is InChI=1S/C18H16FNO3/c1-12-9-16(20-23-12)14-5-8-17(21-2)18(10-14)22-11-13-3-6-15(19)7-4-13/h3-10H,11H2,1-2H3. The van der Waals surface area contributed by atoms with Crippen LogP contribution < -0.4 is 9.47 Å². The summed E-state index contributed by atoms with van der Waals surface area (Å²) < 4.78 is 29.2. The van der Waals surface area contributed by atoms with Crippen LogP contribution in [-0.4, -0.2) is 12.3 Å². The summed E-state index contributed by atoms with van der Waals surface area (Å²) in [5.74, 6) is 1.69. The number of ether oxygens (including phenoxy) is 2. The second kappa shape index (κ2) is 6.52. The Bertz CT molecular complexity index is 796. The Labute approximate surface area is 133 Å². The normalized spacial score (nSPS) is 10.6. The smallest absolute Gasteiger partial charge is 0.162 e. The van der Waals surface area contributed by atoms with Crippen molar-refractivity contribution in [2.75, 3.05) is 7.11 Å². The summed E-state index contributed by atoms with van der Waals surface area (Å²) >= 11 is 0. The van der Waals surface area contributed by atoms with E-state index >= 15 is 0 Å². The predicted octanol–water partition coefficient (Wildman–Crippen LogP) is 4.38. The van der Waals surface area contributed by atoms with Gasteiger partial charge in [-0.1, -0.05) is 17.3 Å². The Morgan fingerprint density at radius 1 is 1.04 bits per heavy atom. The number of rotatable bonds is 5. The van der Waals surface area contributed by atoms with Gasteiger partial charge in [0.05, 0.1) is 7.11 Å². The molecule has 0 radical (unpaired) electrons. The Hall–Kier alpha value is -2.82. The van der Waals surface area contributed by atoms with Gasteiger partial charge in [-0.25, -0.2) is 4.39 Å². The molecular formula is C18H16FNO3. The number of halogens is 1. The lowest BCUT2D eigenvalue weighted by Crippen LogP contribution is -1.98. The highest BCUT2D eigenvalue weighted by atomic mass is 19.1. The zero-order valence-electron chi connectivity index (χ0n) is 12.9. The summed E-state index contributed by atoms with van der Waals surface area (Å²) in [5, 5.41) is 4.00. The summed E-state index contributed by atoms with van der Waals surface area (Å²) in [6.07, 6.45) is 0. The number of aryl methyl sites for hydroxylation is 1. The van der Waals surface area contributed by atoms with Crippen molar-refractivity contribution in [1.82, 2.24) is 5.16 Å². The minimum absolute atomic E-state index is 0.269. The van der Waals surface area contributed by atoms with Crippen LogP contribution in [0.25, 0.3) is 11.3 Å². The molecule has 1 aromatic heterocycles. The summed E-state index contributed by atoms with van der Waals surface area (Å²) in [6, 6.07) is 13.6. The van der Waals surface area contributed by atoms with Gasteiger partial charge in [0.15, 0.2) is 11.5 Å². The molecule has 2 aromatic carbocycles. The first-order valence-electron chi connectivity index (χ1n) is 7.14. The fourth-order valence-electron chi connectivity index (χ4n) is 2.19. The number of hydrogen-bond donors (Lipinski definition) is 0. The molecule has 1 heterocycles. The van der Waals surface area contributed by atoms with E-state index in [1.54, 1.807) is 19.2 Å². The minimum atomic E-state index is -0.269. The molecule has 5 heteroatoms. The lowest BCUT2D eigenvalue weighted by atomic mass is 10.1. The molecule has 0 aliphatic carbocycles. The van der Waals surface area contributed by atoms with E-state index in [1.165, 1.54) is 12.1 Å². The van der Waals surface area contributed by atoms with E-state index in [9.17, 15) is 4.39 Å². The predicted molar refractivity (Wildman–Crippen MR) is 84.0 cm³/mol. The van der Waals surface area contributed by atoms with E-state index in [1.807, 2.05) is 31.2 Å². The molecule has 23 heavy (non-hydrogen) atoms. The first-order chi connectivity index (χ1) is 11.2. The van der Waals surface area contributed by atoms with Gasteiger partial charge in [-0.15, -0.1) is 0 Å². The molecule has 0 fully saturated rings. The van der Waals surface area contributed by atoms with Gasteiger partial charge in [0, 0.05) is 11.6 Å². The first kappa shape index (κ1) is 15.1. The Morgan fingerprint density at radius 3 is 2.48 bits per heavy atom. The van der Waals surface area contributed by atoms with E-state index in [4.69, 9.17) is 14.0 Å². The van der Waals surface area contributed by atoms with Crippen LogP contribution in [0.1, 0.15) is 11.3 Å². The van der Waals surface area contributed by atoms with Crippen molar-refractivity contribution >= 4 is 0 Å². The van der Waals surface area contributed by atoms with Gasteiger partial charge >= 0.3 is 0 Å². The van der Waals surface area contributed by atoms with Gasteiger partial charge in [0.2, 0.25) is 0 Å². The molecular weight excluding hydrogens is 297 g/mol. The summed E-state index contributed by atoms with van der Waals surface area (Å²) in [5.41, 5.74) is 2.48. The van der Waals surface area contributed by atoms with Gasteiger partial charge in [-0.2, -0.15) is 0 Å². The van der Waals surface area contributed by atoms with E-state index < -0.39 is 0 Å². The van der Waals surface area contributed by atoms with E-state index in [0.717, 1.165) is 22.6 Å². The molecule has 0 amide bonds. The monoisotopic (exact) mass is 313 g/mol. The minimum Gasteiger partial charge on any atom is -0.493 e. The van der Waals surface area contributed by atoms with Gasteiger partial charge in [0.25, 0.3) is 0 Å². The maximum atomic E-state index is 12.9. The van der Waals surface area contributed by atoms with Crippen LogP contribution in [0.5, 0.6) is 11.5 Å². The maximum absolute atomic E-state index is 12.9. The van der Waals surface area contributed by atoms with Crippen LogP contribution in [0.3, 0.4) is 0 Å². The van der Waals surface area contributed by atoms with Crippen molar-refractivity contribution in [3.8, 4) is 22.8 Å². The summed E-state index contributed by atoms with van der Waals surface area (Å²) in [4.78, 5) is 0. The highest BCUT2D eigenvalue weighted by Gasteiger charge is 2.10. The molecule has 3 aromatic rings. The SMILES string of the molecule is COc1ccc(-c2cc(C)on2)cc1OCc1ccc(F)cc1. The molecule has 0 saturated carbocycles. The third-order valence-corrected chi connectivity index (χ3v) is 3.39. The third kappa shape index (κ3) is 3.51. The van der Waals surface area contributed by atoms with Crippen LogP contribution in [0.15, 0.2) is 53.1 Å². The third-order valence-electron chi connectivity index (χ3n) is 3.39. The first-order valence-corrected chi connectivity index (χ1v) is 7.14. The molecule has 0 spiro atoms. The fraction of sp³-hybridized carbons (Fsp3) is 0.167. The average Bonchev–Trinajstić information content (AvgIpc) is 3.00. The molecule has 118 valence electrons. The zero-order valence-corrected chi connectivity index (χ0v) is 12.9. The lowest BCUT2D eigenvalue weighted by molar-refractivity contribution is 0.284. The van der Waals surface area contributed by atoms with Crippen molar-refractivity contribution < 1.29 is 18.4 Å². The van der Waals surface area contributed by atoms with Gasteiger partial charge in [-0.05, 0) is 42.8 Å². The van der Waals surface area contributed by atoms with Crippen molar-refractivity contribution in [2.24, 2.45) is 0 Å². The molecule has 3 rings (SSSR count). The lowest BCUT2D eigenvalue weighted by Gasteiger charge is -2.12. The number of aromatic nitrogens is 1. The molecule has 0 atom stereocenters. The van der Waals surface area contributed by atoms with Gasteiger partial charge in [0.1, 0.15) is 23.9 Å². The maximum Gasteiger partial charge on any atom is 0.162 e. The Balaban J connectivity index is 1.83. The van der Waals surface area contributed by atoms with E-state index in [-0.39, 0.29) is 5.82 Å². The number of benzene rings is 2. The van der Waals surface area contributed by atoms with Crippen LogP contribution in [0.2, 0.25) is 0 Å². The van der Waals surface area contributed by atoms with Gasteiger partial charge < -0.3 is 14.0 Å². The molecule has 0 saturated heterocycles. The highest BCUT2D eigenvalue weighted by molar-refractivity contribution is 5.63. The topological polar surface area (TPSA) is 44.5 Å². The summed E-state index contributed by atoms with van der Waals surface area (Å²) in [7, 11) is 1.58. The molecule has 0 unspecified atom stereocenters. The molecule has 0 aliphatic heterocycles. The fourth-order valence-corrected chi connectivity index (χ4v) is 2.19. The second-order valence-corrected chi connectivity index (χ2v) is 5.10. The Kier molecular flexibility index (Phi) is 4.28. The second-order valence-electron chi connectivity index (χ2n) is 5.10. The molecule has 0 N–H and O–H groups in total. The van der Waals surface area contributed by atoms with Crippen molar-refractivity contribution in [3.05, 3.63) is 65.7 Å². The zero-order chi connectivity index (χ0) is 16.2. The quantitative estimate of drug-likeness (QED) is 0.701. The largest absolute Gasteiger partial charge is 0.493 e. The van der Waals surface area contributed by atoms with Crippen LogP contribution in [-0.2, 0) is 6.61 Å². The van der Waals surface area contributed by atoms with Crippen molar-refractivity contribution in [2.45, 2.75) is 13.5 Å². The van der Waals surface area contributed by atoms with Crippen LogP contribution in [0.4, 0.5) is 4.39 Å². The molecule has 4 nitrogen and oxygen atoms in total. The van der Waals surface area contributed by atoms with Crippen LogP contribution >= 0.6 is 0 Å². The van der Waals surface area contributed by atoms with Crippen molar-refractivity contribution in [3.63, 3.8) is 0 Å². The van der Waals surface area contributed by atoms with Crippen molar-refractivity contribution in [1.29, 1.82) is 0 Å². The number of methoxy groups -OCH3 is 1. The average molecular weight is 313 g/mol. The summed E-state index contributed by atoms with van der Waals surface area (Å²) in [6.45, 7) is 2.16.